The molecule has 2 N–H and O–H groups in total. The second kappa shape index (κ2) is 4.69. The standard InChI is InChI=1S/C13H9F2N5/c14-9-4-5-11(15)12(7-9)20-13(17-18-19-20)8-2-1-3-10(16)6-8/h1-7H,16H2. The molecule has 0 aliphatic heterocycles. The second-order valence-electron chi connectivity index (χ2n) is 4.14. The summed E-state index contributed by atoms with van der Waals surface area (Å²) in [6.45, 7) is 0. The summed E-state index contributed by atoms with van der Waals surface area (Å²) in [6.07, 6.45) is 0. The SMILES string of the molecule is Nc1cccc(-c2nnnn2-c2cc(F)ccc2F)c1. The third-order valence-corrected chi connectivity index (χ3v) is 2.75. The van der Waals surface area contributed by atoms with Crippen LogP contribution in [-0.2, 0) is 0 Å². The maximum Gasteiger partial charge on any atom is 0.187 e. The molecule has 3 rings (SSSR count). The van der Waals surface area contributed by atoms with Gasteiger partial charge in [0.05, 0.1) is 0 Å². The van der Waals surface area contributed by atoms with E-state index in [1.165, 1.54) is 0 Å². The first-order valence-corrected chi connectivity index (χ1v) is 5.75. The van der Waals surface area contributed by atoms with Gasteiger partial charge in [-0.2, -0.15) is 4.68 Å². The average Bonchev–Trinajstić information content (AvgIpc) is 2.90. The van der Waals surface area contributed by atoms with Gasteiger partial charge in [0.25, 0.3) is 0 Å². The van der Waals surface area contributed by atoms with Gasteiger partial charge in [0.1, 0.15) is 17.3 Å². The zero-order chi connectivity index (χ0) is 14.1. The number of nitrogens with zero attached hydrogens (tertiary/aromatic N) is 4. The fourth-order valence-corrected chi connectivity index (χ4v) is 1.86. The molecule has 0 aliphatic carbocycles. The van der Waals surface area contributed by atoms with Crippen LogP contribution in [0.5, 0.6) is 0 Å². The number of benzene rings is 2. The molecular formula is C13H9F2N5. The highest BCUT2D eigenvalue weighted by Gasteiger charge is 2.15. The van der Waals surface area contributed by atoms with Crippen molar-refractivity contribution in [2.45, 2.75) is 0 Å². The molecule has 20 heavy (non-hydrogen) atoms. The Bertz CT molecular complexity index is 769. The number of hydrogen-bond donors (Lipinski definition) is 1. The van der Waals surface area contributed by atoms with E-state index in [4.69, 9.17) is 5.73 Å². The van der Waals surface area contributed by atoms with E-state index in [0.717, 1.165) is 22.9 Å². The van der Waals surface area contributed by atoms with Gasteiger partial charge in [0.15, 0.2) is 5.82 Å². The number of rotatable bonds is 2. The van der Waals surface area contributed by atoms with Crippen molar-refractivity contribution in [2.75, 3.05) is 5.73 Å². The minimum absolute atomic E-state index is 0.0626. The summed E-state index contributed by atoms with van der Waals surface area (Å²) >= 11 is 0. The quantitative estimate of drug-likeness (QED) is 0.727. The van der Waals surface area contributed by atoms with Gasteiger partial charge in [0.2, 0.25) is 0 Å². The Kier molecular flexibility index (Phi) is 2.86. The third kappa shape index (κ3) is 2.09. The minimum Gasteiger partial charge on any atom is -0.399 e. The molecule has 0 saturated heterocycles. The van der Waals surface area contributed by atoms with Crippen LogP contribution in [0.1, 0.15) is 0 Å². The molecule has 0 atom stereocenters. The van der Waals surface area contributed by atoms with E-state index in [-0.39, 0.29) is 11.5 Å². The molecule has 1 aromatic heterocycles. The molecule has 0 unspecified atom stereocenters. The number of hydrogen-bond acceptors (Lipinski definition) is 4. The average molecular weight is 273 g/mol. The Labute approximate surface area is 112 Å². The van der Waals surface area contributed by atoms with Crippen molar-refractivity contribution in [3.8, 4) is 17.1 Å². The van der Waals surface area contributed by atoms with Gasteiger partial charge in [-0.1, -0.05) is 12.1 Å². The summed E-state index contributed by atoms with van der Waals surface area (Å²) in [4.78, 5) is 0. The molecule has 7 heteroatoms. The number of nitrogen functional groups attached to an aromatic ring is 1. The van der Waals surface area contributed by atoms with Crippen LogP contribution in [0.2, 0.25) is 0 Å². The maximum atomic E-state index is 13.8. The first-order chi connectivity index (χ1) is 9.65. The Balaban J connectivity index is 2.18. The Morgan fingerprint density at radius 2 is 1.90 bits per heavy atom. The molecular weight excluding hydrogens is 264 g/mol. The van der Waals surface area contributed by atoms with Crippen LogP contribution in [0.15, 0.2) is 42.5 Å². The fraction of sp³-hybridized carbons (Fsp3) is 0. The van der Waals surface area contributed by atoms with Crippen molar-refractivity contribution < 1.29 is 8.78 Å². The third-order valence-electron chi connectivity index (χ3n) is 2.75. The Hall–Kier alpha value is -2.83. The molecule has 3 aromatic rings. The van der Waals surface area contributed by atoms with Crippen molar-refractivity contribution >= 4 is 5.69 Å². The summed E-state index contributed by atoms with van der Waals surface area (Å²) < 4.78 is 28.2. The molecule has 100 valence electrons. The summed E-state index contributed by atoms with van der Waals surface area (Å²) in [5.41, 5.74) is 6.77. The van der Waals surface area contributed by atoms with E-state index in [2.05, 4.69) is 15.5 Å². The topological polar surface area (TPSA) is 69.6 Å². The van der Waals surface area contributed by atoms with Crippen LogP contribution in [-0.4, -0.2) is 20.2 Å². The van der Waals surface area contributed by atoms with Gasteiger partial charge in [-0.25, -0.2) is 8.78 Å². The first kappa shape index (κ1) is 12.2. The lowest BCUT2D eigenvalue weighted by molar-refractivity contribution is 0.584. The fourth-order valence-electron chi connectivity index (χ4n) is 1.86. The number of aromatic nitrogens is 4. The summed E-state index contributed by atoms with van der Waals surface area (Å²) in [7, 11) is 0. The van der Waals surface area contributed by atoms with E-state index in [1.807, 2.05) is 0 Å². The molecule has 0 amide bonds. The van der Waals surface area contributed by atoms with Gasteiger partial charge in [-0.3, -0.25) is 0 Å². The van der Waals surface area contributed by atoms with E-state index in [1.54, 1.807) is 24.3 Å². The highest BCUT2D eigenvalue weighted by molar-refractivity contribution is 5.62. The Morgan fingerprint density at radius 1 is 1.05 bits per heavy atom. The van der Waals surface area contributed by atoms with Crippen LogP contribution in [0.3, 0.4) is 0 Å². The molecule has 0 radical (unpaired) electrons. The lowest BCUT2D eigenvalue weighted by Gasteiger charge is -2.06. The van der Waals surface area contributed by atoms with Gasteiger partial charge in [-0.15, -0.1) is 5.10 Å². The molecule has 0 spiro atoms. The predicted octanol–water partition coefficient (Wildman–Crippen LogP) is 2.19. The lowest BCUT2D eigenvalue weighted by atomic mass is 10.2. The van der Waals surface area contributed by atoms with Crippen molar-refractivity contribution in [3.05, 3.63) is 54.1 Å². The van der Waals surface area contributed by atoms with Crippen molar-refractivity contribution in [1.29, 1.82) is 0 Å². The zero-order valence-corrected chi connectivity index (χ0v) is 10.2. The van der Waals surface area contributed by atoms with Crippen LogP contribution in [0.25, 0.3) is 17.1 Å². The van der Waals surface area contributed by atoms with Crippen molar-refractivity contribution in [1.82, 2.24) is 20.2 Å². The normalized spacial score (nSPS) is 10.7. The van der Waals surface area contributed by atoms with Crippen LogP contribution in [0.4, 0.5) is 14.5 Å². The summed E-state index contributed by atoms with van der Waals surface area (Å²) in [5, 5.41) is 11.0. The second-order valence-corrected chi connectivity index (χ2v) is 4.14. The number of anilines is 1. The summed E-state index contributed by atoms with van der Waals surface area (Å²) in [5.74, 6) is -0.916. The lowest BCUT2D eigenvalue weighted by Crippen LogP contribution is -2.03. The monoisotopic (exact) mass is 273 g/mol. The van der Waals surface area contributed by atoms with Gasteiger partial charge in [0, 0.05) is 17.3 Å². The maximum absolute atomic E-state index is 13.8. The Morgan fingerprint density at radius 3 is 2.70 bits per heavy atom. The number of tetrazole rings is 1. The van der Waals surface area contributed by atoms with Gasteiger partial charge in [-0.05, 0) is 34.7 Å². The van der Waals surface area contributed by atoms with E-state index in [9.17, 15) is 8.78 Å². The molecule has 2 aromatic carbocycles. The molecule has 0 aliphatic rings. The van der Waals surface area contributed by atoms with Gasteiger partial charge >= 0.3 is 0 Å². The van der Waals surface area contributed by atoms with E-state index >= 15 is 0 Å². The summed E-state index contributed by atoms with van der Waals surface area (Å²) in [6, 6.07) is 9.90. The van der Waals surface area contributed by atoms with Crippen molar-refractivity contribution in [2.24, 2.45) is 0 Å². The minimum atomic E-state index is -0.621. The molecule has 0 fully saturated rings. The molecule has 0 saturated carbocycles. The van der Waals surface area contributed by atoms with Gasteiger partial charge < -0.3 is 5.73 Å². The smallest absolute Gasteiger partial charge is 0.187 e. The van der Waals surface area contributed by atoms with E-state index < -0.39 is 11.6 Å². The largest absolute Gasteiger partial charge is 0.399 e. The van der Waals surface area contributed by atoms with Crippen LogP contribution >= 0.6 is 0 Å². The highest BCUT2D eigenvalue weighted by atomic mass is 19.1. The first-order valence-electron chi connectivity index (χ1n) is 5.75. The van der Waals surface area contributed by atoms with E-state index in [0.29, 0.717) is 11.3 Å². The molecule has 1 heterocycles. The zero-order valence-electron chi connectivity index (χ0n) is 10.2. The van der Waals surface area contributed by atoms with Crippen molar-refractivity contribution in [3.63, 3.8) is 0 Å². The van der Waals surface area contributed by atoms with Crippen LogP contribution < -0.4 is 5.73 Å². The number of nitrogens with two attached hydrogens (primary N) is 1. The number of halogens is 2. The molecule has 5 nitrogen and oxygen atoms in total. The highest BCUT2D eigenvalue weighted by Crippen LogP contribution is 2.23. The molecule has 0 bridgehead atoms. The van der Waals surface area contributed by atoms with Crippen LogP contribution in [0, 0.1) is 11.6 Å². The predicted molar refractivity (Wildman–Crippen MR) is 68.9 cm³/mol.